The molecule has 4 heteroatoms. The van der Waals surface area contributed by atoms with Gasteiger partial charge in [0.15, 0.2) is 6.10 Å². The van der Waals surface area contributed by atoms with Crippen molar-refractivity contribution in [2.75, 3.05) is 18.5 Å². The Kier molecular flexibility index (Phi) is 15.5. The fourth-order valence-corrected chi connectivity index (χ4v) is 2.11. The summed E-state index contributed by atoms with van der Waals surface area (Å²) in [5, 5.41) is 1.04. The third-order valence-electron chi connectivity index (χ3n) is 3.04. The molecule has 0 rings (SSSR count). The minimum absolute atomic E-state index is 0.256. The predicted octanol–water partition coefficient (Wildman–Crippen LogP) is 4.47. The molecule has 0 aromatic rings. The van der Waals surface area contributed by atoms with E-state index in [4.69, 9.17) is 9.47 Å². The van der Waals surface area contributed by atoms with Crippen molar-refractivity contribution < 1.29 is 14.3 Å². The number of halogens is 1. The molecule has 0 fully saturated rings. The van der Waals surface area contributed by atoms with Gasteiger partial charge in [0.2, 0.25) is 0 Å². The van der Waals surface area contributed by atoms with E-state index in [9.17, 15) is 4.79 Å². The Morgan fingerprint density at radius 2 is 1.86 bits per heavy atom. The molecule has 0 radical (unpaired) electrons. The summed E-state index contributed by atoms with van der Waals surface area (Å²) in [6.07, 6.45) is 7.67. The zero-order valence-corrected chi connectivity index (χ0v) is 15.0. The molecule has 0 aliphatic carbocycles. The van der Waals surface area contributed by atoms with Crippen molar-refractivity contribution in [3.05, 3.63) is 0 Å². The molecule has 0 amide bonds. The molecule has 0 saturated heterocycles. The van der Waals surface area contributed by atoms with Crippen LogP contribution in [0.1, 0.15) is 65.2 Å². The third kappa shape index (κ3) is 12.9. The zero-order valence-electron chi connectivity index (χ0n) is 13.5. The minimum atomic E-state index is -0.479. The van der Waals surface area contributed by atoms with E-state index >= 15 is 0 Å². The van der Waals surface area contributed by atoms with E-state index in [0.29, 0.717) is 19.6 Å². The first kappa shape index (κ1) is 20.5. The van der Waals surface area contributed by atoms with Gasteiger partial charge in [-0.3, -0.25) is 0 Å². The van der Waals surface area contributed by atoms with Gasteiger partial charge in [-0.15, -0.1) is 5.92 Å². The van der Waals surface area contributed by atoms with Gasteiger partial charge in [-0.1, -0.05) is 55.0 Å². The van der Waals surface area contributed by atoms with Gasteiger partial charge in [0, 0.05) is 11.8 Å². The maximum atomic E-state index is 11.8. The first-order valence-corrected chi connectivity index (χ1v) is 9.18. The number of carbonyl (C=O) groups excluding carboxylic acids is 1. The molecule has 0 heterocycles. The van der Waals surface area contributed by atoms with E-state index in [2.05, 4.69) is 34.7 Å². The third-order valence-corrected chi connectivity index (χ3v) is 3.60. The average molecular weight is 361 g/mol. The normalized spacial score (nSPS) is 11.6. The Hall–Kier alpha value is -0.530. The first-order valence-electron chi connectivity index (χ1n) is 8.06. The van der Waals surface area contributed by atoms with Crippen LogP contribution in [0.4, 0.5) is 0 Å². The summed E-state index contributed by atoms with van der Waals surface area (Å²) in [4.78, 5) is 11.8. The molecule has 1 atom stereocenters. The van der Waals surface area contributed by atoms with Gasteiger partial charge in [0.1, 0.15) is 6.61 Å². The van der Waals surface area contributed by atoms with Crippen LogP contribution in [-0.4, -0.2) is 30.6 Å². The molecular weight excluding hydrogens is 332 g/mol. The summed E-state index contributed by atoms with van der Waals surface area (Å²) in [7, 11) is 0. The molecule has 0 bridgehead atoms. The Balaban J connectivity index is 3.72. The molecule has 0 aromatic carbocycles. The van der Waals surface area contributed by atoms with Gasteiger partial charge >= 0.3 is 5.97 Å². The molecule has 122 valence electrons. The zero-order chi connectivity index (χ0) is 15.8. The van der Waals surface area contributed by atoms with Gasteiger partial charge < -0.3 is 9.47 Å². The van der Waals surface area contributed by atoms with Gasteiger partial charge in [-0.2, -0.15) is 0 Å². The fourth-order valence-electron chi connectivity index (χ4n) is 1.72. The second-order valence-electron chi connectivity index (χ2n) is 4.94. The van der Waals surface area contributed by atoms with Crippen molar-refractivity contribution in [1.29, 1.82) is 0 Å². The highest BCUT2D eigenvalue weighted by molar-refractivity contribution is 9.09. The molecular formula is C17H29BrO3. The van der Waals surface area contributed by atoms with Gasteiger partial charge in [-0.25, -0.2) is 4.79 Å². The maximum absolute atomic E-state index is 11.8. The number of alkyl halides is 1. The first-order chi connectivity index (χ1) is 10.3. The van der Waals surface area contributed by atoms with Crippen LogP contribution in [0.3, 0.4) is 0 Å². The van der Waals surface area contributed by atoms with E-state index < -0.39 is 6.10 Å². The van der Waals surface area contributed by atoms with Crippen molar-refractivity contribution >= 4 is 21.9 Å². The van der Waals surface area contributed by atoms with Crippen molar-refractivity contribution in [2.45, 2.75) is 71.3 Å². The molecule has 21 heavy (non-hydrogen) atoms. The quantitative estimate of drug-likeness (QED) is 0.223. The maximum Gasteiger partial charge on any atom is 0.335 e. The van der Waals surface area contributed by atoms with Gasteiger partial charge in [-0.05, 0) is 25.7 Å². The summed E-state index contributed by atoms with van der Waals surface area (Å²) >= 11 is 3.40. The van der Waals surface area contributed by atoms with E-state index in [0.717, 1.165) is 37.4 Å². The lowest BCUT2D eigenvalue weighted by molar-refractivity contribution is -0.156. The van der Waals surface area contributed by atoms with Crippen LogP contribution in [0.5, 0.6) is 0 Å². The molecule has 0 N–H and O–H groups in total. The molecule has 0 saturated carbocycles. The summed E-state index contributed by atoms with van der Waals surface area (Å²) in [5.41, 5.74) is 0. The van der Waals surface area contributed by atoms with E-state index in [-0.39, 0.29) is 5.97 Å². The number of hydrogen-bond donors (Lipinski definition) is 0. The number of hydrogen-bond acceptors (Lipinski definition) is 3. The second-order valence-corrected chi connectivity index (χ2v) is 5.73. The van der Waals surface area contributed by atoms with Crippen LogP contribution < -0.4 is 0 Å². The van der Waals surface area contributed by atoms with Gasteiger partial charge in [0.25, 0.3) is 0 Å². The lowest BCUT2D eigenvalue weighted by Crippen LogP contribution is -2.26. The van der Waals surface area contributed by atoms with Crippen LogP contribution in [0, 0.1) is 11.8 Å². The fraction of sp³-hybridized carbons (Fsp3) is 0.824. The van der Waals surface area contributed by atoms with Crippen molar-refractivity contribution in [3.8, 4) is 11.8 Å². The Labute approximate surface area is 138 Å². The van der Waals surface area contributed by atoms with E-state index in [1.165, 1.54) is 12.8 Å². The summed E-state index contributed by atoms with van der Waals surface area (Å²) in [5.74, 6) is 5.74. The molecule has 3 nitrogen and oxygen atoms in total. The van der Waals surface area contributed by atoms with Crippen molar-refractivity contribution in [1.82, 2.24) is 0 Å². The smallest absolute Gasteiger partial charge is 0.335 e. The number of ether oxygens (including phenoxy) is 2. The topological polar surface area (TPSA) is 35.5 Å². The van der Waals surface area contributed by atoms with Crippen LogP contribution in [0.2, 0.25) is 0 Å². The monoisotopic (exact) mass is 360 g/mol. The Bertz CT molecular complexity index is 307. The number of carbonyl (C=O) groups is 1. The van der Waals surface area contributed by atoms with E-state index in [1.807, 2.05) is 6.92 Å². The highest BCUT2D eigenvalue weighted by Gasteiger charge is 2.17. The largest absolute Gasteiger partial charge is 0.464 e. The Morgan fingerprint density at radius 3 is 2.52 bits per heavy atom. The molecule has 0 aliphatic heterocycles. The molecule has 0 aliphatic rings. The van der Waals surface area contributed by atoms with Crippen LogP contribution in [-0.2, 0) is 14.3 Å². The number of unbranched alkanes of at least 4 members (excludes halogenated alkanes) is 5. The summed E-state index contributed by atoms with van der Waals surface area (Å²) in [6.45, 7) is 4.86. The predicted molar refractivity (Wildman–Crippen MR) is 90.6 cm³/mol. The highest BCUT2D eigenvalue weighted by atomic mass is 79.9. The van der Waals surface area contributed by atoms with Gasteiger partial charge in [0.05, 0.1) is 6.61 Å². The molecule has 1 unspecified atom stereocenters. The van der Waals surface area contributed by atoms with Crippen LogP contribution in [0.25, 0.3) is 0 Å². The summed E-state index contributed by atoms with van der Waals surface area (Å²) in [6, 6.07) is 0. The molecule has 0 spiro atoms. The lowest BCUT2D eigenvalue weighted by Gasteiger charge is -2.13. The number of esters is 1. The SMILES string of the molecule is CCCCC#CCOC(CC)C(=O)OCCCCCCBr. The van der Waals surface area contributed by atoms with Crippen LogP contribution in [0.15, 0.2) is 0 Å². The standard InChI is InChI=1S/C17H29BrO3/c1-3-5-6-8-11-14-20-16(4-2)17(19)21-15-12-9-7-10-13-18/h16H,3-7,9-10,12-15H2,1-2H3. The minimum Gasteiger partial charge on any atom is -0.464 e. The van der Waals surface area contributed by atoms with Crippen molar-refractivity contribution in [3.63, 3.8) is 0 Å². The van der Waals surface area contributed by atoms with E-state index in [1.54, 1.807) is 0 Å². The van der Waals surface area contributed by atoms with Crippen LogP contribution >= 0.6 is 15.9 Å². The highest BCUT2D eigenvalue weighted by Crippen LogP contribution is 2.05. The van der Waals surface area contributed by atoms with Crippen molar-refractivity contribution in [2.24, 2.45) is 0 Å². The Morgan fingerprint density at radius 1 is 1.10 bits per heavy atom. The molecule has 0 aromatic heterocycles. The average Bonchev–Trinajstić information content (AvgIpc) is 2.50. The lowest BCUT2D eigenvalue weighted by atomic mass is 10.2. The number of rotatable bonds is 12. The summed E-state index contributed by atoms with van der Waals surface area (Å²) < 4.78 is 10.7. The second kappa shape index (κ2) is 15.9.